The second-order valence-corrected chi connectivity index (χ2v) is 17.0. The molecule has 2 N–H and O–H groups in total. The molecule has 2 fully saturated rings. The van der Waals surface area contributed by atoms with Crippen LogP contribution in [0.5, 0.6) is 23.0 Å². The fourth-order valence-electron chi connectivity index (χ4n) is 7.22. The SMILES string of the molecule is C=C1C[C@@H](CO)N(C(=O)c2cc(OC)c(OCCCCCOc3cc4c(cc3OC)C(=O)N3CC(=C)C[C@H]3C(=O)C4)cc2NC(=O)OCCSSc2ccc([N+](=O)[O-])cn2)C1. The van der Waals surface area contributed by atoms with Crippen LogP contribution in [0.25, 0.3) is 0 Å². The molecule has 6 rings (SSSR count). The number of benzene rings is 2. The highest BCUT2D eigenvalue weighted by atomic mass is 33.1. The van der Waals surface area contributed by atoms with E-state index < -0.39 is 29.0 Å². The fraction of sp³-hybridized carbons (Fsp3) is 0.405. The van der Waals surface area contributed by atoms with Gasteiger partial charge in [0, 0.05) is 43.0 Å². The summed E-state index contributed by atoms with van der Waals surface area (Å²) in [6, 6.07) is 8.26. The molecular weight excluding hydrogens is 831 g/mol. The zero-order chi connectivity index (χ0) is 43.6. The third-order valence-corrected chi connectivity index (χ3v) is 12.5. The lowest BCUT2D eigenvalue weighted by molar-refractivity contribution is -0.385. The van der Waals surface area contributed by atoms with Crippen molar-refractivity contribution in [2.24, 2.45) is 0 Å². The molecule has 2 aromatic carbocycles. The third-order valence-electron chi connectivity index (χ3n) is 10.3. The first-order valence-electron chi connectivity index (χ1n) is 19.5. The Kier molecular flexibility index (Phi) is 15.2. The molecule has 0 bridgehead atoms. The number of hydrogen-bond donors (Lipinski definition) is 2. The van der Waals surface area contributed by atoms with Crippen LogP contribution in [-0.2, 0) is 16.0 Å². The Hall–Kier alpha value is -5.79. The van der Waals surface area contributed by atoms with Gasteiger partial charge in [-0.25, -0.2) is 9.78 Å². The Bertz CT molecular complexity index is 2190. The number of ketones is 1. The van der Waals surface area contributed by atoms with Crippen molar-refractivity contribution in [3.8, 4) is 23.0 Å². The topological polar surface area (TPSA) is 209 Å². The summed E-state index contributed by atoms with van der Waals surface area (Å²) in [4.78, 5) is 70.8. The summed E-state index contributed by atoms with van der Waals surface area (Å²) in [5, 5.41) is 24.1. The number of rotatable bonds is 19. The first-order chi connectivity index (χ1) is 29.4. The zero-order valence-corrected chi connectivity index (χ0v) is 35.5. The predicted octanol–water partition coefficient (Wildman–Crippen LogP) is 6.28. The normalized spacial score (nSPS) is 17.1. The third kappa shape index (κ3) is 10.9. The average molecular weight is 878 g/mol. The number of methoxy groups -OCH3 is 2. The molecule has 3 aromatic rings. The summed E-state index contributed by atoms with van der Waals surface area (Å²) in [6.07, 6.45) is 3.36. The minimum atomic E-state index is -0.815. The lowest BCUT2D eigenvalue weighted by Crippen LogP contribution is -2.38. The van der Waals surface area contributed by atoms with Gasteiger partial charge in [0.25, 0.3) is 17.5 Å². The number of Topliss-reactive ketones (excluding diaryl/α,β-unsaturated/α-hetero) is 1. The van der Waals surface area contributed by atoms with Crippen molar-refractivity contribution in [2.75, 3.05) is 64.8 Å². The molecule has 324 valence electrons. The zero-order valence-electron chi connectivity index (χ0n) is 33.8. The number of hydrogen-bond acceptors (Lipinski definition) is 15. The highest BCUT2D eigenvalue weighted by molar-refractivity contribution is 8.76. The van der Waals surface area contributed by atoms with Crippen molar-refractivity contribution in [3.05, 3.63) is 93.7 Å². The van der Waals surface area contributed by atoms with E-state index in [-0.39, 0.29) is 72.9 Å². The molecule has 0 aliphatic carbocycles. The lowest BCUT2D eigenvalue weighted by atomic mass is 9.99. The van der Waals surface area contributed by atoms with Crippen molar-refractivity contribution < 1.29 is 52.9 Å². The molecule has 2 saturated heterocycles. The molecule has 3 amide bonds. The molecule has 4 heterocycles. The number of ether oxygens (including phenoxy) is 5. The van der Waals surface area contributed by atoms with Crippen LogP contribution >= 0.6 is 21.6 Å². The van der Waals surface area contributed by atoms with Gasteiger partial charge < -0.3 is 38.6 Å². The Labute approximate surface area is 360 Å². The van der Waals surface area contributed by atoms with Crippen LogP contribution in [0.2, 0.25) is 0 Å². The maximum absolute atomic E-state index is 13.9. The molecule has 0 unspecified atom stereocenters. The van der Waals surface area contributed by atoms with Gasteiger partial charge in [-0.05, 0) is 72.7 Å². The standard InChI is InChI=1S/C42H47N5O12S2/c1-25-14-29(24-48)45(22-25)41(51)31-19-36(56-4)38(20-32(31)44-42(52)59-12-13-60-61-39-9-8-28(21-43-39)47(53)54)58-11-7-5-6-10-57-37-17-27-16-34(49)33-15-26(2)23-46(33)40(50)30(27)18-35(37)55-3/h8-9,17-21,29,33,48H,1-2,5-7,10-16,22-24H2,3-4H3,(H,44,52)/t29-,33-/m0/s1. The van der Waals surface area contributed by atoms with E-state index in [9.17, 15) is 34.4 Å². The summed E-state index contributed by atoms with van der Waals surface area (Å²) in [5.41, 5.74) is 2.79. The summed E-state index contributed by atoms with van der Waals surface area (Å²) < 4.78 is 28.7. The van der Waals surface area contributed by atoms with E-state index in [4.69, 9.17) is 23.7 Å². The largest absolute Gasteiger partial charge is 0.493 e. The maximum atomic E-state index is 13.9. The number of anilines is 1. The second kappa shape index (κ2) is 20.7. The number of amides is 3. The van der Waals surface area contributed by atoms with Crippen molar-refractivity contribution in [1.29, 1.82) is 0 Å². The molecule has 2 atom stereocenters. The van der Waals surface area contributed by atoms with Crippen LogP contribution in [0.4, 0.5) is 16.2 Å². The highest BCUT2D eigenvalue weighted by Crippen LogP contribution is 2.38. The molecule has 0 spiro atoms. The quantitative estimate of drug-likeness (QED) is 0.0446. The number of aromatic nitrogens is 1. The minimum Gasteiger partial charge on any atom is -0.493 e. The Balaban J connectivity index is 1.04. The van der Waals surface area contributed by atoms with Crippen molar-refractivity contribution in [2.45, 2.75) is 55.6 Å². The summed E-state index contributed by atoms with van der Waals surface area (Å²) >= 11 is 0. The van der Waals surface area contributed by atoms with Crippen LogP contribution in [-0.4, -0.2) is 120 Å². The first kappa shape index (κ1) is 44.8. The summed E-state index contributed by atoms with van der Waals surface area (Å²) in [7, 11) is 5.55. The monoisotopic (exact) mass is 877 g/mol. The van der Waals surface area contributed by atoms with Crippen LogP contribution in [0, 0.1) is 10.1 Å². The van der Waals surface area contributed by atoms with Crippen molar-refractivity contribution in [1.82, 2.24) is 14.8 Å². The van der Waals surface area contributed by atoms with Crippen molar-refractivity contribution >= 4 is 56.7 Å². The van der Waals surface area contributed by atoms with Gasteiger partial charge in [-0.15, -0.1) is 0 Å². The van der Waals surface area contributed by atoms with E-state index >= 15 is 0 Å². The Morgan fingerprint density at radius 1 is 0.951 bits per heavy atom. The van der Waals surface area contributed by atoms with E-state index in [2.05, 4.69) is 23.5 Å². The van der Waals surface area contributed by atoms with E-state index in [0.29, 0.717) is 78.7 Å². The lowest BCUT2D eigenvalue weighted by Gasteiger charge is -2.24. The highest BCUT2D eigenvalue weighted by Gasteiger charge is 2.40. The van der Waals surface area contributed by atoms with Gasteiger partial charge in [-0.1, -0.05) is 35.1 Å². The molecule has 3 aliphatic rings. The molecule has 0 radical (unpaired) electrons. The molecular formula is C42H47N5O12S2. The second-order valence-electron chi connectivity index (χ2n) is 14.5. The van der Waals surface area contributed by atoms with E-state index in [1.807, 2.05) is 0 Å². The first-order valence-corrected chi connectivity index (χ1v) is 21.8. The van der Waals surface area contributed by atoms with Gasteiger partial charge in [0.05, 0.1) is 62.3 Å². The number of nitrogens with zero attached hydrogens (tertiary/aromatic N) is 4. The smallest absolute Gasteiger partial charge is 0.411 e. The fourth-order valence-corrected chi connectivity index (χ4v) is 8.90. The minimum absolute atomic E-state index is 0.01000. The number of unbranched alkanes of at least 4 members (excludes halogenated alkanes) is 2. The van der Waals surface area contributed by atoms with Crippen LogP contribution in [0.1, 0.15) is 58.4 Å². The molecule has 17 nitrogen and oxygen atoms in total. The molecule has 1 aromatic heterocycles. The Morgan fingerprint density at radius 2 is 1.66 bits per heavy atom. The van der Waals surface area contributed by atoms with Crippen LogP contribution in [0.15, 0.2) is 71.9 Å². The van der Waals surface area contributed by atoms with Crippen LogP contribution in [0.3, 0.4) is 0 Å². The molecule has 19 heteroatoms. The number of carbonyl (C=O) groups is 4. The molecule has 3 aliphatic heterocycles. The number of nitro groups is 1. The van der Waals surface area contributed by atoms with E-state index in [1.54, 1.807) is 17.0 Å². The number of nitrogens with one attached hydrogen (secondary N) is 1. The summed E-state index contributed by atoms with van der Waals surface area (Å²) in [6.45, 7) is 8.91. The summed E-state index contributed by atoms with van der Waals surface area (Å²) in [5.74, 6) is 1.06. The van der Waals surface area contributed by atoms with Crippen LogP contribution < -0.4 is 24.3 Å². The van der Waals surface area contributed by atoms with Gasteiger partial charge in [0.2, 0.25) is 0 Å². The van der Waals surface area contributed by atoms with Gasteiger partial charge in [0.15, 0.2) is 28.8 Å². The molecule has 0 saturated carbocycles. The number of aliphatic hydroxyl groups is 1. The van der Waals surface area contributed by atoms with Crippen molar-refractivity contribution in [3.63, 3.8) is 0 Å². The number of pyridine rings is 1. The number of fused-ring (bicyclic) bond motifs is 2. The molecule has 61 heavy (non-hydrogen) atoms. The Morgan fingerprint density at radius 3 is 2.33 bits per heavy atom. The maximum Gasteiger partial charge on any atom is 0.411 e. The van der Waals surface area contributed by atoms with Gasteiger partial charge in [-0.3, -0.25) is 29.8 Å². The average Bonchev–Trinajstić information content (AvgIpc) is 3.82. The van der Waals surface area contributed by atoms with E-state index in [1.165, 1.54) is 71.2 Å². The predicted molar refractivity (Wildman–Crippen MR) is 228 cm³/mol. The van der Waals surface area contributed by atoms with Gasteiger partial charge in [0.1, 0.15) is 17.8 Å². The number of aliphatic hydroxyl groups excluding tert-OH is 1. The van der Waals surface area contributed by atoms with Gasteiger partial charge >= 0.3 is 6.09 Å². The van der Waals surface area contributed by atoms with E-state index in [0.717, 1.165) is 11.1 Å². The van der Waals surface area contributed by atoms with Gasteiger partial charge in [-0.2, -0.15) is 0 Å². The number of likely N-dealkylation sites (tertiary alicyclic amines) is 1. The number of carbonyl (C=O) groups excluding carboxylic acids is 4.